The lowest BCUT2D eigenvalue weighted by Crippen LogP contribution is -2.48. The summed E-state index contributed by atoms with van der Waals surface area (Å²) in [4.78, 5) is 34.7. The molecular weight excluding hydrogens is 396 g/mol. The number of aryl methyl sites for hydroxylation is 2. The van der Waals surface area contributed by atoms with Crippen LogP contribution >= 0.6 is 0 Å². The number of anilines is 1. The first-order valence-electron chi connectivity index (χ1n) is 11.4. The van der Waals surface area contributed by atoms with Crippen molar-refractivity contribution in [1.29, 1.82) is 0 Å². The minimum atomic E-state index is -0.574. The van der Waals surface area contributed by atoms with E-state index in [2.05, 4.69) is 27.0 Å². The maximum absolute atomic E-state index is 13.0. The number of esters is 1. The largest absolute Gasteiger partial charge is 0.460 e. The van der Waals surface area contributed by atoms with Gasteiger partial charge in [0.1, 0.15) is 5.69 Å². The SMILES string of the molecule is CCOC(=O)c1oc2nc(C)c3c(c2c1NC(=O)CN1CCN(CC)CC1)CCCC3. The van der Waals surface area contributed by atoms with Gasteiger partial charge in [-0.15, -0.1) is 0 Å². The van der Waals surface area contributed by atoms with Gasteiger partial charge in [-0.3, -0.25) is 9.69 Å². The van der Waals surface area contributed by atoms with Gasteiger partial charge < -0.3 is 19.4 Å². The molecule has 2 aromatic heterocycles. The molecule has 8 nitrogen and oxygen atoms in total. The van der Waals surface area contributed by atoms with Crippen LogP contribution in [0.15, 0.2) is 4.42 Å². The number of pyridine rings is 1. The van der Waals surface area contributed by atoms with E-state index in [1.165, 1.54) is 5.56 Å². The fourth-order valence-corrected chi connectivity index (χ4v) is 4.68. The Morgan fingerprint density at radius 1 is 1.06 bits per heavy atom. The number of piperazine rings is 1. The van der Waals surface area contributed by atoms with E-state index in [0.29, 0.717) is 11.4 Å². The number of nitrogens with zero attached hydrogens (tertiary/aromatic N) is 3. The number of rotatable bonds is 6. The summed E-state index contributed by atoms with van der Waals surface area (Å²) in [6, 6.07) is 0. The van der Waals surface area contributed by atoms with E-state index in [0.717, 1.165) is 75.1 Å². The standard InChI is InChI=1S/C23H32N4O4/c1-4-26-10-12-27(13-11-26)14-18(28)25-20-19-17-9-7-6-8-16(17)15(3)24-22(19)31-21(20)23(29)30-5-2/h4-14H2,1-3H3,(H,25,28). The lowest BCUT2D eigenvalue weighted by molar-refractivity contribution is -0.117. The van der Waals surface area contributed by atoms with Crippen molar-refractivity contribution in [3.8, 4) is 0 Å². The van der Waals surface area contributed by atoms with Crippen LogP contribution in [0.2, 0.25) is 0 Å². The van der Waals surface area contributed by atoms with Crippen LogP contribution in [-0.2, 0) is 22.4 Å². The van der Waals surface area contributed by atoms with Crippen molar-refractivity contribution in [2.24, 2.45) is 0 Å². The molecule has 1 N–H and O–H groups in total. The van der Waals surface area contributed by atoms with Crippen LogP contribution in [0.4, 0.5) is 5.69 Å². The summed E-state index contributed by atoms with van der Waals surface area (Å²) in [6.45, 7) is 11.1. The molecule has 0 unspecified atom stereocenters. The molecule has 3 heterocycles. The molecule has 1 aliphatic heterocycles. The predicted molar refractivity (Wildman–Crippen MR) is 119 cm³/mol. The Kier molecular flexibility index (Phi) is 6.57. The number of hydrogen-bond acceptors (Lipinski definition) is 7. The number of fused-ring (bicyclic) bond motifs is 3. The average molecular weight is 429 g/mol. The lowest BCUT2D eigenvalue weighted by atomic mass is 9.89. The minimum absolute atomic E-state index is 0.0341. The monoisotopic (exact) mass is 428 g/mol. The van der Waals surface area contributed by atoms with Gasteiger partial charge in [-0.25, -0.2) is 9.78 Å². The van der Waals surface area contributed by atoms with Crippen molar-refractivity contribution < 1.29 is 18.7 Å². The third-order valence-electron chi connectivity index (χ3n) is 6.37. The smallest absolute Gasteiger partial charge is 0.376 e. The van der Waals surface area contributed by atoms with Crippen molar-refractivity contribution in [3.05, 3.63) is 22.6 Å². The van der Waals surface area contributed by atoms with Gasteiger partial charge in [-0.2, -0.15) is 0 Å². The van der Waals surface area contributed by atoms with E-state index in [1.807, 2.05) is 6.92 Å². The van der Waals surface area contributed by atoms with Gasteiger partial charge >= 0.3 is 5.97 Å². The van der Waals surface area contributed by atoms with Crippen molar-refractivity contribution in [3.63, 3.8) is 0 Å². The van der Waals surface area contributed by atoms with E-state index < -0.39 is 5.97 Å². The maximum Gasteiger partial charge on any atom is 0.376 e. The summed E-state index contributed by atoms with van der Waals surface area (Å²) in [5.41, 5.74) is 4.09. The molecule has 0 spiro atoms. The van der Waals surface area contributed by atoms with Gasteiger partial charge in [0.25, 0.3) is 0 Å². The molecule has 2 aromatic rings. The summed E-state index contributed by atoms with van der Waals surface area (Å²) >= 11 is 0. The molecule has 0 saturated carbocycles. The summed E-state index contributed by atoms with van der Waals surface area (Å²) < 4.78 is 11.1. The first-order valence-corrected chi connectivity index (χ1v) is 11.4. The molecule has 0 radical (unpaired) electrons. The fraction of sp³-hybridized carbons (Fsp3) is 0.609. The second-order valence-electron chi connectivity index (χ2n) is 8.33. The summed E-state index contributed by atoms with van der Waals surface area (Å²) in [6.07, 6.45) is 4.04. The highest BCUT2D eigenvalue weighted by atomic mass is 16.5. The molecule has 168 valence electrons. The quantitative estimate of drug-likeness (QED) is 0.708. The highest BCUT2D eigenvalue weighted by Crippen LogP contribution is 2.38. The van der Waals surface area contributed by atoms with E-state index >= 15 is 0 Å². The summed E-state index contributed by atoms with van der Waals surface area (Å²) in [5, 5.41) is 3.74. The van der Waals surface area contributed by atoms with Crippen LogP contribution < -0.4 is 5.32 Å². The summed E-state index contributed by atoms with van der Waals surface area (Å²) in [7, 11) is 0. The highest BCUT2D eigenvalue weighted by molar-refractivity contribution is 6.10. The fourth-order valence-electron chi connectivity index (χ4n) is 4.68. The zero-order valence-corrected chi connectivity index (χ0v) is 18.8. The molecule has 1 fully saturated rings. The minimum Gasteiger partial charge on any atom is -0.460 e. The number of furan rings is 1. The third-order valence-corrected chi connectivity index (χ3v) is 6.37. The molecule has 1 aliphatic carbocycles. The number of amides is 1. The van der Waals surface area contributed by atoms with Crippen LogP contribution in [-0.4, -0.2) is 72.5 Å². The second-order valence-corrected chi connectivity index (χ2v) is 8.33. The molecular formula is C23H32N4O4. The second kappa shape index (κ2) is 9.36. The van der Waals surface area contributed by atoms with E-state index in [1.54, 1.807) is 6.92 Å². The number of nitrogens with one attached hydrogen (secondary N) is 1. The van der Waals surface area contributed by atoms with Crippen LogP contribution in [0.25, 0.3) is 11.1 Å². The first kappa shape index (κ1) is 21.8. The van der Waals surface area contributed by atoms with Gasteiger partial charge in [0.15, 0.2) is 0 Å². The normalized spacial score (nSPS) is 17.5. The van der Waals surface area contributed by atoms with Gasteiger partial charge in [0.05, 0.1) is 18.5 Å². The Hall–Kier alpha value is -2.45. The molecule has 31 heavy (non-hydrogen) atoms. The number of aromatic nitrogens is 1. The van der Waals surface area contributed by atoms with E-state index in [9.17, 15) is 9.59 Å². The molecule has 0 atom stereocenters. The predicted octanol–water partition coefficient (Wildman–Crippen LogP) is 2.77. The average Bonchev–Trinajstić information content (AvgIpc) is 3.12. The Balaban J connectivity index is 1.65. The van der Waals surface area contributed by atoms with Crippen LogP contribution in [0.5, 0.6) is 0 Å². The molecule has 1 saturated heterocycles. The molecule has 4 rings (SSSR count). The number of hydrogen-bond donors (Lipinski definition) is 1. The maximum atomic E-state index is 13.0. The van der Waals surface area contributed by atoms with Gasteiger partial charge in [-0.05, 0) is 57.2 Å². The molecule has 2 aliphatic rings. The van der Waals surface area contributed by atoms with Crippen molar-refractivity contribution in [1.82, 2.24) is 14.8 Å². The number of carbonyl (C=O) groups excluding carboxylic acids is 2. The Morgan fingerprint density at radius 3 is 2.42 bits per heavy atom. The van der Waals surface area contributed by atoms with E-state index in [4.69, 9.17) is 9.15 Å². The number of ether oxygens (including phenoxy) is 1. The topological polar surface area (TPSA) is 87.9 Å². The van der Waals surface area contributed by atoms with E-state index in [-0.39, 0.29) is 24.8 Å². The number of likely N-dealkylation sites (N-methyl/N-ethyl adjacent to an activating group) is 1. The molecule has 8 heteroatoms. The van der Waals surface area contributed by atoms with Crippen molar-refractivity contribution in [2.45, 2.75) is 46.5 Å². The molecule has 1 amide bonds. The van der Waals surface area contributed by atoms with Crippen LogP contribution in [0.3, 0.4) is 0 Å². The third kappa shape index (κ3) is 4.45. The molecule has 0 bridgehead atoms. The highest BCUT2D eigenvalue weighted by Gasteiger charge is 2.29. The van der Waals surface area contributed by atoms with Crippen LogP contribution in [0, 0.1) is 6.92 Å². The zero-order chi connectivity index (χ0) is 22.0. The van der Waals surface area contributed by atoms with Crippen LogP contribution in [0.1, 0.15) is 54.1 Å². The van der Waals surface area contributed by atoms with Crippen molar-refractivity contribution >= 4 is 28.7 Å². The Labute approximate surface area is 182 Å². The van der Waals surface area contributed by atoms with Gasteiger partial charge in [0.2, 0.25) is 17.4 Å². The van der Waals surface area contributed by atoms with Gasteiger partial charge in [0, 0.05) is 31.9 Å². The lowest BCUT2D eigenvalue weighted by Gasteiger charge is -2.33. The van der Waals surface area contributed by atoms with Crippen molar-refractivity contribution in [2.75, 3.05) is 51.2 Å². The Morgan fingerprint density at radius 2 is 1.74 bits per heavy atom. The first-order chi connectivity index (χ1) is 15.0. The zero-order valence-electron chi connectivity index (χ0n) is 18.8. The van der Waals surface area contributed by atoms with Gasteiger partial charge in [-0.1, -0.05) is 6.92 Å². The Bertz CT molecular complexity index is 976. The molecule has 0 aromatic carbocycles. The summed E-state index contributed by atoms with van der Waals surface area (Å²) in [5.74, 6) is -0.690. The number of carbonyl (C=O) groups is 2.